The largest absolute Gasteiger partial charge is 0.353 e. The second kappa shape index (κ2) is 10.8. The maximum atomic E-state index is 12.5. The van der Waals surface area contributed by atoms with Crippen molar-refractivity contribution in [2.45, 2.75) is 60.7 Å². The van der Waals surface area contributed by atoms with Gasteiger partial charge in [-0.25, -0.2) is 0 Å². The van der Waals surface area contributed by atoms with Crippen LogP contribution in [0.3, 0.4) is 0 Å². The minimum Gasteiger partial charge on any atom is -0.353 e. The number of carbonyl (C=O) groups is 2. The van der Waals surface area contributed by atoms with Gasteiger partial charge in [-0.1, -0.05) is 21.6 Å². The van der Waals surface area contributed by atoms with Gasteiger partial charge in [0.15, 0.2) is 0 Å². The van der Waals surface area contributed by atoms with Crippen LogP contribution in [0.15, 0.2) is 0 Å². The molecule has 2 fully saturated rings. The maximum absolute atomic E-state index is 12.5. The standard InChI is InChI=1S/C17H33N5O2S2/c1-19-6-7-20-17(24)13(22(2)3)10-16(23)21-12-4-5-14-15(26-25-14)9-11(18)8-12/h11-15,19H,4-10,18H2,1-3H3,(H,20,24)(H,21,23)/t11?,12?,13-,14?,15?/m0/s1. The summed E-state index contributed by atoms with van der Waals surface area (Å²) in [4.78, 5) is 26.7. The van der Waals surface area contributed by atoms with Crippen molar-refractivity contribution in [3.8, 4) is 0 Å². The Bertz CT molecular complexity index is 480. The average Bonchev–Trinajstić information content (AvgIpc) is 2.55. The maximum Gasteiger partial charge on any atom is 0.237 e. The van der Waals surface area contributed by atoms with Crippen LogP contribution in [0.4, 0.5) is 0 Å². The van der Waals surface area contributed by atoms with Gasteiger partial charge in [-0.05, 0) is 46.8 Å². The Kier molecular flexibility index (Phi) is 9.02. The van der Waals surface area contributed by atoms with E-state index < -0.39 is 6.04 Å². The quantitative estimate of drug-likeness (QED) is 0.338. The van der Waals surface area contributed by atoms with E-state index in [1.807, 2.05) is 42.7 Å². The lowest BCUT2D eigenvalue weighted by Gasteiger charge is -2.40. The number of nitrogens with zero attached hydrogens (tertiary/aromatic N) is 1. The summed E-state index contributed by atoms with van der Waals surface area (Å²) in [5.41, 5.74) is 6.27. The lowest BCUT2D eigenvalue weighted by atomic mass is 9.92. The van der Waals surface area contributed by atoms with Crippen molar-refractivity contribution in [3.63, 3.8) is 0 Å². The molecule has 0 radical (unpaired) electrons. The van der Waals surface area contributed by atoms with Gasteiger partial charge in [-0.3, -0.25) is 14.5 Å². The first-order valence-electron chi connectivity index (χ1n) is 9.36. The number of amides is 2. The molecule has 0 aromatic carbocycles. The minimum absolute atomic E-state index is 0.0718. The van der Waals surface area contributed by atoms with E-state index >= 15 is 0 Å². The zero-order valence-corrected chi connectivity index (χ0v) is 17.6. The third kappa shape index (κ3) is 6.60. The van der Waals surface area contributed by atoms with Crippen LogP contribution in [0.2, 0.25) is 0 Å². The molecule has 26 heavy (non-hydrogen) atoms. The van der Waals surface area contributed by atoms with Crippen LogP contribution < -0.4 is 21.7 Å². The zero-order valence-electron chi connectivity index (χ0n) is 16.0. The van der Waals surface area contributed by atoms with Crippen molar-refractivity contribution in [2.75, 3.05) is 34.2 Å². The first-order valence-corrected chi connectivity index (χ1v) is 11.6. The van der Waals surface area contributed by atoms with Crippen molar-refractivity contribution in [1.29, 1.82) is 0 Å². The van der Waals surface area contributed by atoms with E-state index in [1.165, 1.54) is 0 Å². The second-order valence-electron chi connectivity index (χ2n) is 7.42. The van der Waals surface area contributed by atoms with E-state index in [9.17, 15) is 9.59 Å². The van der Waals surface area contributed by atoms with Crippen LogP contribution in [-0.2, 0) is 9.59 Å². The molecule has 0 aromatic rings. The monoisotopic (exact) mass is 403 g/mol. The molecule has 7 nitrogen and oxygen atoms in total. The van der Waals surface area contributed by atoms with E-state index in [1.54, 1.807) is 4.90 Å². The molecule has 1 aliphatic heterocycles. The normalized spacial score (nSPS) is 29.7. The molecule has 9 heteroatoms. The molecule has 2 amide bonds. The van der Waals surface area contributed by atoms with Crippen LogP contribution in [0.5, 0.6) is 0 Å². The van der Waals surface area contributed by atoms with Crippen LogP contribution in [0, 0.1) is 0 Å². The predicted molar refractivity (Wildman–Crippen MR) is 110 cm³/mol. The molecular weight excluding hydrogens is 370 g/mol. The topological polar surface area (TPSA) is 99.5 Å². The average molecular weight is 404 g/mol. The highest BCUT2D eigenvalue weighted by atomic mass is 33.1. The third-order valence-corrected chi connectivity index (χ3v) is 8.66. The molecule has 0 aromatic heterocycles. The number of likely N-dealkylation sites (N-methyl/N-ethyl adjacent to an activating group) is 2. The lowest BCUT2D eigenvalue weighted by Crippen LogP contribution is -2.49. The fourth-order valence-corrected chi connectivity index (χ4v) is 6.44. The Morgan fingerprint density at radius 2 is 1.88 bits per heavy atom. The van der Waals surface area contributed by atoms with Gasteiger partial charge in [-0.15, -0.1) is 0 Å². The van der Waals surface area contributed by atoms with Gasteiger partial charge in [0.2, 0.25) is 11.8 Å². The van der Waals surface area contributed by atoms with E-state index in [0.717, 1.165) is 25.7 Å². The number of fused-ring (bicyclic) bond motifs is 1. The fraction of sp³-hybridized carbons (Fsp3) is 0.882. The van der Waals surface area contributed by atoms with Crippen molar-refractivity contribution in [3.05, 3.63) is 0 Å². The molecule has 1 saturated heterocycles. The number of nitrogens with two attached hydrogens (primary N) is 1. The van der Waals surface area contributed by atoms with Crippen LogP contribution >= 0.6 is 21.6 Å². The summed E-state index contributed by atoms with van der Waals surface area (Å²) in [6.07, 6.45) is 4.11. The Labute approximate surface area is 164 Å². The highest BCUT2D eigenvalue weighted by Crippen LogP contribution is 2.52. The third-order valence-electron chi connectivity index (χ3n) is 4.98. The van der Waals surface area contributed by atoms with Crippen molar-refractivity contribution in [1.82, 2.24) is 20.9 Å². The first-order chi connectivity index (χ1) is 12.4. The summed E-state index contributed by atoms with van der Waals surface area (Å²) in [7, 11) is 9.39. The summed E-state index contributed by atoms with van der Waals surface area (Å²) < 4.78 is 0. The molecule has 1 aliphatic carbocycles. The first kappa shape index (κ1) is 21.8. The van der Waals surface area contributed by atoms with Crippen LogP contribution in [0.1, 0.15) is 32.1 Å². The van der Waals surface area contributed by atoms with Gasteiger partial charge >= 0.3 is 0 Å². The number of hydrogen-bond acceptors (Lipinski definition) is 7. The smallest absolute Gasteiger partial charge is 0.237 e. The Morgan fingerprint density at radius 1 is 1.15 bits per heavy atom. The molecule has 2 aliphatic rings. The van der Waals surface area contributed by atoms with E-state index in [0.29, 0.717) is 23.6 Å². The van der Waals surface area contributed by atoms with Gasteiger partial charge in [0.05, 0.1) is 12.5 Å². The van der Waals surface area contributed by atoms with Crippen molar-refractivity contribution in [2.24, 2.45) is 5.73 Å². The Morgan fingerprint density at radius 3 is 2.50 bits per heavy atom. The molecule has 5 N–H and O–H groups in total. The number of hydrogen-bond donors (Lipinski definition) is 4. The SMILES string of the molecule is CNCCNC(=O)[C@H](CC(=O)NC1CCC2SSC2CC(N)C1)N(C)C. The molecule has 5 atom stereocenters. The Balaban J connectivity index is 1.83. The van der Waals surface area contributed by atoms with Gasteiger partial charge in [0, 0.05) is 35.7 Å². The fourth-order valence-electron chi connectivity index (χ4n) is 3.41. The van der Waals surface area contributed by atoms with E-state index in [-0.39, 0.29) is 30.3 Å². The predicted octanol–water partition coefficient (Wildman–Crippen LogP) is 0.161. The molecule has 1 saturated carbocycles. The van der Waals surface area contributed by atoms with E-state index in [4.69, 9.17) is 5.73 Å². The summed E-state index contributed by atoms with van der Waals surface area (Å²) in [6.45, 7) is 1.26. The molecule has 0 spiro atoms. The highest BCUT2D eigenvalue weighted by Gasteiger charge is 2.37. The van der Waals surface area contributed by atoms with Gasteiger partial charge in [0.1, 0.15) is 0 Å². The Hall–Kier alpha value is -0.480. The minimum atomic E-state index is -0.461. The summed E-state index contributed by atoms with van der Waals surface area (Å²) in [6, 6.07) is -0.215. The molecule has 1 heterocycles. The van der Waals surface area contributed by atoms with E-state index in [2.05, 4.69) is 16.0 Å². The molecule has 0 bridgehead atoms. The zero-order chi connectivity index (χ0) is 19.1. The molecular formula is C17H33N5O2S2. The van der Waals surface area contributed by atoms with Gasteiger partial charge < -0.3 is 21.7 Å². The van der Waals surface area contributed by atoms with Crippen molar-refractivity contribution >= 4 is 33.4 Å². The molecule has 150 valence electrons. The lowest BCUT2D eigenvalue weighted by molar-refractivity contribution is -0.131. The van der Waals surface area contributed by atoms with Crippen LogP contribution in [-0.4, -0.2) is 79.6 Å². The number of nitrogens with one attached hydrogen (secondary N) is 3. The molecule has 2 rings (SSSR count). The van der Waals surface area contributed by atoms with Crippen LogP contribution in [0.25, 0.3) is 0 Å². The second-order valence-corrected chi connectivity index (χ2v) is 10.2. The number of rotatable bonds is 8. The van der Waals surface area contributed by atoms with Gasteiger partial charge in [0.25, 0.3) is 0 Å². The summed E-state index contributed by atoms with van der Waals surface area (Å²) >= 11 is 0. The van der Waals surface area contributed by atoms with Gasteiger partial charge in [-0.2, -0.15) is 0 Å². The summed E-state index contributed by atoms with van der Waals surface area (Å²) in [5.74, 6) is -0.182. The molecule has 4 unspecified atom stereocenters. The number of carbonyl (C=O) groups excluding carboxylic acids is 2. The summed E-state index contributed by atoms with van der Waals surface area (Å²) in [5, 5.41) is 10.4. The van der Waals surface area contributed by atoms with Crippen molar-refractivity contribution < 1.29 is 9.59 Å². The highest BCUT2D eigenvalue weighted by molar-refractivity contribution is 8.80.